The number of nitrogens with one attached hydrogen (secondary N) is 1. The number of aromatic amines is 1. The van der Waals surface area contributed by atoms with Crippen molar-refractivity contribution in [1.29, 1.82) is 0 Å². The summed E-state index contributed by atoms with van der Waals surface area (Å²) < 4.78 is 1.00. The van der Waals surface area contributed by atoms with Gasteiger partial charge in [-0.3, -0.25) is 14.3 Å². The van der Waals surface area contributed by atoms with Gasteiger partial charge in [0, 0.05) is 7.05 Å². The first kappa shape index (κ1) is 11.2. The highest BCUT2D eigenvalue weighted by Crippen LogP contribution is 2.25. The second-order valence-electron chi connectivity index (χ2n) is 3.83. The smallest absolute Gasteiger partial charge is 0.330 e. The molecule has 2 rings (SSSR count). The van der Waals surface area contributed by atoms with E-state index < -0.39 is 11.2 Å². The SMILES string of the molecule is Cc1ccccc1-c1c(O)n(C)c(=O)[nH]c1=O. The van der Waals surface area contributed by atoms with Crippen LogP contribution in [0.2, 0.25) is 0 Å². The topological polar surface area (TPSA) is 75.1 Å². The molecule has 1 aromatic heterocycles. The van der Waals surface area contributed by atoms with Crippen molar-refractivity contribution in [1.82, 2.24) is 9.55 Å². The van der Waals surface area contributed by atoms with Crippen LogP contribution in [0.4, 0.5) is 0 Å². The molecule has 0 atom stereocenters. The van der Waals surface area contributed by atoms with Crippen LogP contribution >= 0.6 is 0 Å². The molecule has 0 bridgehead atoms. The van der Waals surface area contributed by atoms with Gasteiger partial charge in [0.1, 0.15) is 5.56 Å². The monoisotopic (exact) mass is 232 g/mol. The van der Waals surface area contributed by atoms with Crippen LogP contribution in [0.1, 0.15) is 5.56 Å². The van der Waals surface area contributed by atoms with E-state index in [0.29, 0.717) is 5.56 Å². The maximum atomic E-state index is 11.7. The molecule has 0 aliphatic heterocycles. The van der Waals surface area contributed by atoms with Crippen molar-refractivity contribution >= 4 is 0 Å². The molecule has 0 radical (unpaired) electrons. The van der Waals surface area contributed by atoms with Crippen LogP contribution in [0.5, 0.6) is 5.88 Å². The Morgan fingerprint density at radius 3 is 2.53 bits per heavy atom. The molecule has 0 spiro atoms. The van der Waals surface area contributed by atoms with Gasteiger partial charge in [-0.1, -0.05) is 24.3 Å². The lowest BCUT2D eigenvalue weighted by molar-refractivity contribution is 0.420. The Balaban J connectivity index is 2.87. The van der Waals surface area contributed by atoms with Gasteiger partial charge in [0.15, 0.2) is 0 Å². The van der Waals surface area contributed by atoms with E-state index in [9.17, 15) is 14.7 Å². The van der Waals surface area contributed by atoms with E-state index in [1.807, 2.05) is 19.1 Å². The fraction of sp³-hybridized carbons (Fsp3) is 0.167. The van der Waals surface area contributed by atoms with Crippen LogP contribution in [0.15, 0.2) is 33.9 Å². The molecule has 5 nitrogen and oxygen atoms in total. The molecule has 5 heteroatoms. The molecule has 1 heterocycles. The molecule has 2 N–H and O–H groups in total. The summed E-state index contributed by atoms with van der Waals surface area (Å²) in [5, 5.41) is 9.88. The molecule has 0 amide bonds. The lowest BCUT2D eigenvalue weighted by Crippen LogP contribution is -2.29. The molecule has 0 fully saturated rings. The minimum Gasteiger partial charge on any atom is -0.494 e. The highest BCUT2D eigenvalue weighted by molar-refractivity contribution is 5.70. The molecule has 0 aliphatic rings. The Hall–Kier alpha value is -2.30. The summed E-state index contributed by atoms with van der Waals surface area (Å²) in [6.07, 6.45) is 0. The van der Waals surface area contributed by atoms with Crippen LogP contribution in [0, 0.1) is 6.92 Å². The standard InChI is InChI=1S/C12H12N2O3/c1-7-5-3-4-6-8(7)9-10(15)13-12(17)14(2)11(9)16/h3-6,16H,1-2H3,(H,13,15,17). The number of H-pyrrole nitrogens is 1. The second kappa shape index (κ2) is 3.93. The third-order valence-electron chi connectivity index (χ3n) is 2.71. The minimum absolute atomic E-state index is 0.116. The second-order valence-corrected chi connectivity index (χ2v) is 3.83. The summed E-state index contributed by atoms with van der Waals surface area (Å²) in [6, 6.07) is 7.17. The van der Waals surface area contributed by atoms with E-state index in [-0.39, 0.29) is 11.4 Å². The Kier molecular flexibility index (Phi) is 2.59. The van der Waals surface area contributed by atoms with Crippen LogP contribution in [-0.4, -0.2) is 14.7 Å². The molecule has 2 aromatic rings. The van der Waals surface area contributed by atoms with Gasteiger partial charge in [0.25, 0.3) is 5.56 Å². The highest BCUT2D eigenvalue weighted by atomic mass is 16.3. The number of hydrogen-bond acceptors (Lipinski definition) is 3. The first-order chi connectivity index (χ1) is 8.02. The summed E-state index contributed by atoms with van der Waals surface area (Å²) in [7, 11) is 1.40. The number of hydrogen-bond donors (Lipinski definition) is 2. The molecule has 0 unspecified atom stereocenters. The zero-order valence-corrected chi connectivity index (χ0v) is 9.52. The van der Waals surface area contributed by atoms with Crippen molar-refractivity contribution < 1.29 is 5.11 Å². The fourth-order valence-electron chi connectivity index (χ4n) is 1.71. The normalized spacial score (nSPS) is 10.5. The van der Waals surface area contributed by atoms with E-state index in [1.54, 1.807) is 12.1 Å². The van der Waals surface area contributed by atoms with Gasteiger partial charge in [0.05, 0.1) is 0 Å². The zero-order valence-electron chi connectivity index (χ0n) is 9.52. The van der Waals surface area contributed by atoms with Crippen molar-refractivity contribution in [2.45, 2.75) is 6.92 Å². The maximum absolute atomic E-state index is 11.7. The predicted octanol–water partition coefficient (Wildman–Crippen LogP) is 0.755. The van der Waals surface area contributed by atoms with Gasteiger partial charge in [-0.25, -0.2) is 4.79 Å². The van der Waals surface area contributed by atoms with Gasteiger partial charge in [-0.05, 0) is 18.1 Å². The van der Waals surface area contributed by atoms with Gasteiger partial charge < -0.3 is 5.11 Å². The first-order valence-corrected chi connectivity index (χ1v) is 5.10. The van der Waals surface area contributed by atoms with Gasteiger partial charge >= 0.3 is 5.69 Å². The molecule has 0 saturated heterocycles. The largest absolute Gasteiger partial charge is 0.494 e. The molecular formula is C12H12N2O3. The third kappa shape index (κ3) is 1.75. The highest BCUT2D eigenvalue weighted by Gasteiger charge is 2.14. The van der Waals surface area contributed by atoms with E-state index in [4.69, 9.17) is 0 Å². The Morgan fingerprint density at radius 1 is 1.24 bits per heavy atom. The summed E-state index contributed by atoms with van der Waals surface area (Å²) in [6.45, 7) is 1.83. The fourth-order valence-corrected chi connectivity index (χ4v) is 1.71. The van der Waals surface area contributed by atoms with Gasteiger partial charge in [-0.15, -0.1) is 0 Å². The van der Waals surface area contributed by atoms with Crippen molar-refractivity contribution in [3.63, 3.8) is 0 Å². The number of aromatic nitrogens is 2. The van der Waals surface area contributed by atoms with E-state index in [0.717, 1.165) is 10.1 Å². The van der Waals surface area contributed by atoms with Crippen LogP contribution in [0.25, 0.3) is 11.1 Å². The first-order valence-electron chi connectivity index (χ1n) is 5.10. The summed E-state index contributed by atoms with van der Waals surface area (Å²) in [4.78, 5) is 25.2. The van der Waals surface area contributed by atoms with E-state index >= 15 is 0 Å². The lowest BCUT2D eigenvalue weighted by Gasteiger charge is -2.09. The summed E-state index contributed by atoms with van der Waals surface area (Å²) in [5.41, 5.74) is 0.365. The Morgan fingerprint density at radius 2 is 1.88 bits per heavy atom. The number of aromatic hydroxyl groups is 1. The van der Waals surface area contributed by atoms with Crippen LogP contribution in [-0.2, 0) is 7.05 Å². The molecule has 17 heavy (non-hydrogen) atoms. The average Bonchev–Trinajstić information content (AvgIpc) is 2.29. The van der Waals surface area contributed by atoms with E-state index in [2.05, 4.69) is 4.98 Å². The predicted molar refractivity (Wildman–Crippen MR) is 64.1 cm³/mol. The number of aryl methyl sites for hydroxylation is 1. The van der Waals surface area contributed by atoms with Gasteiger partial charge in [0.2, 0.25) is 5.88 Å². The number of benzene rings is 1. The number of rotatable bonds is 1. The lowest BCUT2D eigenvalue weighted by atomic mass is 10.0. The Bertz CT molecular complexity index is 683. The zero-order chi connectivity index (χ0) is 12.6. The van der Waals surface area contributed by atoms with Gasteiger partial charge in [-0.2, -0.15) is 0 Å². The van der Waals surface area contributed by atoms with E-state index in [1.165, 1.54) is 7.05 Å². The van der Waals surface area contributed by atoms with Crippen molar-refractivity contribution in [2.24, 2.45) is 7.05 Å². The molecule has 0 aliphatic carbocycles. The third-order valence-corrected chi connectivity index (χ3v) is 2.71. The average molecular weight is 232 g/mol. The summed E-state index contributed by atoms with van der Waals surface area (Å²) >= 11 is 0. The molecule has 1 aromatic carbocycles. The van der Waals surface area contributed by atoms with Crippen LogP contribution in [0.3, 0.4) is 0 Å². The molecule has 88 valence electrons. The van der Waals surface area contributed by atoms with Crippen molar-refractivity contribution in [3.05, 3.63) is 50.7 Å². The van der Waals surface area contributed by atoms with Crippen LogP contribution < -0.4 is 11.2 Å². The Labute approximate surface area is 97.0 Å². The maximum Gasteiger partial charge on any atom is 0.330 e. The van der Waals surface area contributed by atoms with Crippen molar-refractivity contribution in [2.75, 3.05) is 0 Å². The molecular weight excluding hydrogens is 220 g/mol. The van der Waals surface area contributed by atoms with Crippen molar-refractivity contribution in [3.8, 4) is 17.0 Å². The quantitative estimate of drug-likeness (QED) is 0.762. The molecule has 0 saturated carbocycles. The minimum atomic E-state index is -0.634. The summed E-state index contributed by atoms with van der Waals surface area (Å²) in [5.74, 6) is -0.326. The number of nitrogens with zero attached hydrogens (tertiary/aromatic N) is 1.